The molecule has 0 fully saturated rings. The molecule has 0 radical (unpaired) electrons. The van der Waals surface area contributed by atoms with E-state index in [-0.39, 0.29) is 0 Å². The van der Waals surface area contributed by atoms with Crippen LogP contribution >= 0.6 is 22.9 Å². The van der Waals surface area contributed by atoms with Crippen LogP contribution in [0.4, 0.5) is 10.8 Å². The molecule has 0 saturated carbocycles. The van der Waals surface area contributed by atoms with Crippen LogP contribution in [-0.4, -0.2) is 11.0 Å². The van der Waals surface area contributed by atoms with E-state index in [1.807, 2.05) is 5.38 Å². The van der Waals surface area contributed by atoms with E-state index >= 15 is 0 Å². The van der Waals surface area contributed by atoms with Crippen molar-refractivity contribution < 1.29 is 0 Å². The molecular formula is C13H13ClN2S. The molecule has 1 aromatic carbocycles. The van der Waals surface area contributed by atoms with Crippen LogP contribution in [0.25, 0.3) is 0 Å². The van der Waals surface area contributed by atoms with Gasteiger partial charge in [0.15, 0.2) is 5.13 Å². The van der Waals surface area contributed by atoms with Gasteiger partial charge in [-0.25, -0.2) is 4.98 Å². The lowest BCUT2D eigenvalue weighted by Crippen LogP contribution is -2.23. The van der Waals surface area contributed by atoms with Crippen LogP contribution in [-0.2, 0) is 12.3 Å². The molecule has 4 heteroatoms. The number of alkyl halides is 1. The number of halogens is 1. The van der Waals surface area contributed by atoms with Gasteiger partial charge < -0.3 is 4.90 Å². The van der Waals surface area contributed by atoms with E-state index in [2.05, 4.69) is 41.1 Å². The van der Waals surface area contributed by atoms with E-state index in [0.29, 0.717) is 11.9 Å². The second kappa shape index (κ2) is 4.31. The van der Waals surface area contributed by atoms with Crippen LogP contribution in [0.15, 0.2) is 29.6 Å². The quantitative estimate of drug-likeness (QED) is 0.763. The molecule has 1 aliphatic heterocycles. The third-order valence-corrected chi connectivity index (χ3v) is 4.25. The number of rotatable bonds is 2. The minimum Gasteiger partial charge on any atom is -0.314 e. The Labute approximate surface area is 110 Å². The molecule has 17 heavy (non-hydrogen) atoms. The SMILES string of the molecule is CC1Cc2ccccc2N1c1nc(CCl)cs1. The van der Waals surface area contributed by atoms with Crippen molar-refractivity contribution in [3.63, 3.8) is 0 Å². The van der Waals surface area contributed by atoms with Gasteiger partial charge in [0, 0.05) is 17.1 Å². The van der Waals surface area contributed by atoms with Gasteiger partial charge in [0.1, 0.15) is 0 Å². The molecule has 1 aliphatic rings. The number of fused-ring (bicyclic) bond motifs is 1. The molecule has 2 heterocycles. The van der Waals surface area contributed by atoms with Gasteiger partial charge in [-0.15, -0.1) is 22.9 Å². The molecule has 0 bridgehead atoms. The fraction of sp³-hybridized carbons (Fsp3) is 0.308. The zero-order valence-corrected chi connectivity index (χ0v) is 11.1. The molecule has 0 spiro atoms. The molecule has 2 aromatic rings. The lowest BCUT2D eigenvalue weighted by Gasteiger charge is -2.21. The molecule has 0 N–H and O–H groups in total. The van der Waals surface area contributed by atoms with Crippen LogP contribution in [0.2, 0.25) is 0 Å². The number of anilines is 2. The lowest BCUT2D eigenvalue weighted by molar-refractivity contribution is 0.756. The number of benzene rings is 1. The molecule has 1 atom stereocenters. The summed E-state index contributed by atoms with van der Waals surface area (Å²) >= 11 is 7.48. The van der Waals surface area contributed by atoms with Gasteiger partial charge in [-0.3, -0.25) is 0 Å². The van der Waals surface area contributed by atoms with Crippen LogP contribution in [0.3, 0.4) is 0 Å². The van der Waals surface area contributed by atoms with Crippen molar-refractivity contribution >= 4 is 33.8 Å². The minimum atomic E-state index is 0.474. The Balaban J connectivity index is 2.03. The van der Waals surface area contributed by atoms with Gasteiger partial charge in [-0.1, -0.05) is 18.2 Å². The highest BCUT2D eigenvalue weighted by Gasteiger charge is 2.28. The van der Waals surface area contributed by atoms with Gasteiger partial charge >= 0.3 is 0 Å². The molecule has 0 aliphatic carbocycles. The number of hydrogen-bond donors (Lipinski definition) is 0. The van der Waals surface area contributed by atoms with E-state index in [4.69, 9.17) is 11.6 Å². The van der Waals surface area contributed by atoms with Crippen molar-refractivity contribution in [2.24, 2.45) is 0 Å². The minimum absolute atomic E-state index is 0.474. The van der Waals surface area contributed by atoms with Crippen LogP contribution in [0.1, 0.15) is 18.2 Å². The molecule has 3 rings (SSSR count). The largest absolute Gasteiger partial charge is 0.314 e. The molecule has 0 saturated heterocycles. The monoisotopic (exact) mass is 264 g/mol. The summed E-state index contributed by atoms with van der Waals surface area (Å²) in [7, 11) is 0. The highest BCUT2D eigenvalue weighted by atomic mass is 35.5. The smallest absolute Gasteiger partial charge is 0.190 e. The Hall–Kier alpha value is -1.06. The maximum Gasteiger partial charge on any atom is 0.190 e. The summed E-state index contributed by atoms with van der Waals surface area (Å²) in [6.07, 6.45) is 1.09. The van der Waals surface area contributed by atoms with Crippen molar-refractivity contribution in [1.82, 2.24) is 4.98 Å². The van der Waals surface area contributed by atoms with Crippen molar-refractivity contribution in [1.29, 1.82) is 0 Å². The number of thiazole rings is 1. The number of para-hydroxylation sites is 1. The van der Waals surface area contributed by atoms with Crippen molar-refractivity contribution in [2.45, 2.75) is 25.3 Å². The first-order chi connectivity index (χ1) is 8.29. The van der Waals surface area contributed by atoms with Crippen molar-refractivity contribution in [3.8, 4) is 0 Å². The van der Waals surface area contributed by atoms with E-state index in [0.717, 1.165) is 17.2 Å². The number of aromatic nitrogens is 1. The summed E-state index contributed by atoms with van der Waals surface area (Å²) in [6.45, 7) is 2.24. The van der Waals surface area contributed by atoms with E-state index in [1.165, 1.54) is 11.3 Å². The zero-order chi connectivity index (χ0) is 11.8. The van der Waals surface area contributed by atoms with E-state index in [9.17, 15) is 0 Å². The summed E-state index contributed by atoms with van der Waals surface area (Å²) in [4.78, 5) is 6.89. The highest BCUT2D eigenvalue weighted by Crippen LogP contribution is 2.39. The van der Waals surface area contributed by atoms with Crippen molar-refractivity contribution in [3.05, 3.63) is 40.9 Å². The average Bonchev–Trinajstić information content (AvgIpc) is 2.91. The number of hydrogen-bond acceptors (Lipinski definition) is 3. The first kappa shape index (κ1) is 11.1. The third-order valence-electron chi connectivity index (χ3n) is 3.09. The van der Waals surface area contributed by atoms with Crippen LogP contribution < -0.4 is 4.90 Å². The molecule has 2 nitrogen and oxygen atoms in total. The molecule has 1 unspecified atom stereocenters. The average molecular weight is 265 g/mol. The topological polar surface area (TPSA) is 16.1 Å². The Bertz CT molecular complexity index is 538. The van der Waals surface area contributed by atoms with E-state index < -0.39 is 0 Å². The van der Waals surface area contributed by atoms with Gasteiger partial charge in [-0.05, 0) is 25.0 Å². The van der Waals surface area contributed by atoms with Crippen LogP contribution in [0, 0.1) is 0 Å². The normalized spacial score (nSPS) is 18.5. The first-order valence-electron chi connectivity index (χ1n) is 5.67. The van der Waals surface area contributed by atoms with Gasteiger partial charge in [0.25, 0.3) is 0 Å². The zero-order valence-electron chi connectivity index (χ0n) is 9.56. The molecule has 0 amide bonds. The Morgan fingerprint density at radius 2 is 2.29 bits per heavy atom. The van der Waals surface area contributed by atoms with Gasteiger partial charge in [-0.2, -0.15) is 0 Å². The fourth-order valence-corrected chi connectivity index (χ4v) is 3.49. The first-order valence-corrected chi connectivity index (χ1v) is 7.08. The van der Waals surface area contributed by atoms with Gasteiger partial charge in [0.2, 0.25) is 0 Å². The second-order valence-corrected chi connectivity index (χ2v) is 5.41. The van der Waals surface area contributed by atoms with Gasteiger partial charge in [0.05, 0.1) is 11.6 Å². The highest BCUT2D eigenvalue weighted by molar-refractivity contribution is 7.13. The molecular weight excluding hydrogens is 252 g/mol. The standard InChI is InChI=1S/C13H13ClN2S/c1-9-6-10-4-2-3-5-12(10)16(9)13-15-11(7-14)8-17-13/h2-5,8-9H,6-7H2,1H3. The predicted octanol–water partition coefficient (Wildman–Crippen LogP) is 3.96. The summed E-state index contributed by atoms with van der Waals surface area (Å²) in [5, 5.41) is 3.09. The van der Waals surface area contributed by atoms with Crippen LogP contribution in [0.5, 0.6) is 0 Å². The summed E-state index contributed by atoms with van der Waals surface area (Å²) in [5.41, 5.74) is 3.65. The Morgan fingerprint density at radius 3 is 3.06 bits per heavy atom. The van der Waals surface area contributed by atoms with E-state index in [1.54, 1.807) is 11.3 Å². The second-order valence-electron chi connectivity index (χ2n) is 4.31. The predicted molar refractivity (Wildman–Crippen MR) is 73.4 cm³/mol. The third kappa shape index (κ3) is 1.83. The summed E-state index contributed by atoms with van der Waals surface area (Å²) in [5.74, 6) is 0.486. The lowest BCUT2D eigenvalue weighted by atomic mass is 10.1. The maximum atomic E-state index is 5.81. The molecule has 1 aromatic heterocycles. The summed E-state index contributed by atoms with van der Waals surface area (Å²) < 4.78 is 0. The van der Waals surface area contributed by atoms with Crippen molar-refractivity contribution in [2.75, 3.05) is 4.90 Å². The molecule has 88 valence electrons. The Kier molecular flexibility index (Phi) is 2.81. The Morgan fingerprint density at radius 1 is 1.47 bits per heavy atom. The fourth-order valence-electron chi connectivity index (χ4n) is 2.33. The maximum absolute atomic E-state index is 5.81. The number of nitrogens with zero attached hydrogens (tertiary/aromatic N) is 2. The summed E-state index contributed by atoms with van der Waals surface area (Å²) in [6, 6.07) is 9.02.